The molecule has 3 N–H and O–H groups in total. The minimum absolute atomic E-state index is 0.0622. The Morgan fingerprint density at radius 1 is 1.32 bits per heavy atom. The minimum Gasteiger partial charge on any atom is -0.383 e. The number of H-pyrrole nitrogens is 1. The number of aliphatic hydroxyl groups excluding tert-OH is 1. The van der Waals surface area contributed by atoms with Gasteiger partial charge in [-0.3, -0.25) is 14.4 Å². The lowest BCUT2D eigenvalue weighted by Crippen LogP contribution is -2.56. The topological polar surface area (TPSA) is 102 Å². The van der Waals surface area contributed by atoms with Gasteiger partial charge in [0.25, 0.3) is 11.8 Å². The molecule has 2 aromatic rings. The van der Waals surface area contributed by atoms with Crippen LogP contribution in [0.2, 0.25) is 0 Å². The number of halogens is 1. The summed E-state index contributed by atoms with van der Waals surface area (Å²) in [4.78, 5) is 40.5. The first-order chi connectivity index (χ1) is 13.3. The summed E-state index contributed by atoms with van der Waals surface area (Å²) in [5, 5.41) is 13.4. The number of hydrogen-bond donors (Lipinski definition) is 3. The summed E-state index contributed by atoms with van der Waals surface area (Å²) in [6.07, 6.45) is -0.262. The second kappa shape index (κ2) is 6.70. The maximum atomic E-state index is 14.3. The van der Waals surface area contributed by atoms with Crippen molar-refractivity contribution in [2.24, 2.45) is 11.8 Å². The van der Waals surface area contributed by atoms with Gasteiger partial charge in [0.15, 0.2) is 0 Å². The third-order valence-corrected chi connectivity index (χ3v) is 5.81. The van der Waals surface area contributed by atoms with Crippen LogP contribution in [0.1, 0.15) is 30.6 Å². The third kappa shape index (κ3) is 2.97. The molecule has 2 aliphatic heterocycles. The molecule has 8 heteroatoms. The first kappa shape index (κ1) is 18.6. The Morgan fingerprint density at radius 2 is 2.07 bits per heavy atom. The van der Waals surface area contributed by atoms with E-state index in [1.807, 2.05) is 0 Å². The summed E-state index contributed by atoms with van der Waals surface area (Å²) >= 11 is 0. The van der Waals surface area contributed by atoms with Crippen LogP contribution in [0.4, 0.5) is 4.39 Å². The summed E-state index contributed by atoms with van der Waals surface area (Å²) in [5.74, 6) is -1.44. The molecule has 2 bridgehead atoms. The number of nitrogens with zero attached hydrogens (tertiary/aromatic N) is 1. The fraction of sp³-hybridized carbons (Fsp3) is 0.450. The summed E-state index contributed by atoms with van der Waals surface area (Å²) in [6, 6.07) is 5.02. The molecule has 28 heavy (non-hydrogen) atoms. The number of pyridine rings is 1. The smallest absolute Gasteiger partial charge is 0.252 e. The normalized spacial score (nSPS) is 24.3. The van der Waals surface area contributed by atoms with Gasteiger partial charge in [0.1, 0.15) is 11.9 Å². The standard InChI is InChI=1S/C20H22FN3O4/c1-9(2)18(26)20(28)24-8-12-7-14(24)17(12)23-19(27)11-5-10-3-4-15(25)22-16(10)13(21)6-11/h3-6,9,12,14,17-18,26H,7-8H2,1-2H3,(H,22,25)(H,23,27)/t12-,14-,17+,18+/m0/s1. The lowest BCUT2D eigenvalue weighted by molar-refractivity contribution is -0.142. The molecule has 2 amide bonds. The number of aromatic amines is 1. The highest BCUT2D eigenvalue weighted by atomic mass is 19.1. The summed E-state index contributed by atoms with van der Waals surface area (Å²) in [5.41, 5.74) is -0.196. The predicted molar refractivity (Wildman–Crippen MR) is 100 cm³/mol. The number of carbonyl (C=O) groups is 2. The molecule has 148 valence electrons. The van der Waals surface area contributed by atoms with Gasteiger partial charge in [0, 0.05) is 29.5 Å². The van der Waals surface area contributed by atoms with E-state index in [0.717, 1.165) is 12.5 Å². The second-order valence-corrected chi connectivity index (χ2v) is 7.99. The van der Waals surface area contributed by atoms with Crippen LogP contribution in [0.5, 0.6) is 0 Å². The van der Waals surface area contributed by atoms with Crippen molar-refractivity contribution in [3.8, 4) is 0 Å². The molecule has 3 fully saturated rings. The molecule has 1 aromatic carbocycles. The van der Waals surface area contributed by atoms with Crippen LogP contribution in [0.15, 0.2) is 29.1 Å². The molecule has 4 atom stereocenters. The Bertz CT molecular complexity index is 1020. The molecule has 2 saturated heterocycles. The van der Waals surface area contributed by atoms with Gasteiger partial charge in [0.2, 0.25) is 5.56 Å². The van der Waals surface area contributed by atoms with Crippen molar-refractivity contribution >= 4 is 22.7 Å². The highest BCUT2D eigenvalue weighted by Gasteiger charge is 2.55. The fourth-order valence-electron chi connectivity index (χ4n) is 4.13. The maximum absolute atomic E-state index is 14.3. The van der Waals surface area contributed by atoms with Crippen molar-refractivity contribution in [2.75, 3.05) is 6.54 Å². The van der Waals surface area contributed by atoms with E-state index in [1.165, 1.54) is 18.2 Å². The third-order valence-electron chi connectivity index (χ3n) is 5.81. The molecule has 1 aliphatic carbocycles. The molecular formula is C20H22FN3O4. The number of aliphatic hydroxyl groups is 1. The molecule has 5 rings (SSSR count). The van der Waals surface area contributed by atoms with Gasteiger partial charge in [-0.25, -0.2) is 4.39 Å². The number of rotatable bonds is 4. The van der Waals surface area contributed by atoms with Gasteiger partial charge in [-0.05, 0) is 30.5 Å². The van der Waals surface area contributed by atoms with Crippen LogP contribution in [0, 0.1) is 17.7 Å². The van der Waals surface area contributed by atoms with Crippen LogP contribution >= 0.6 is 0 Å². The van der Waals surface area contributed by atoms with Crippen LogP contribution in [0.3, 0.4) is 0 Å². The molecule has 0 unspecified atom stereocenters. The Kier molecular flexibility index (Phi) is 4.45. The van der Waals surface area contributed by atoms with Crippen molar-refractivity contribution in [1.82, 2.24) is 15.2 Å². The number of amides is 2. The maximum Gasteiger partial charge on any atom is 0.252 e. The number of benzene rings is 1. The molecule has 3 heterocycles. The molecule has 7 nitrogen and oxygen atoms in total. The van der Waals surface area contributed by atoms with E-state index >= 15 is 0 Å². The summed E-state index contributed by atoms with van der Waals surface area (Å²) in [7, 11) is 0. The summed E-state index contributed by atoms with van der Waals surface area (Å²) in [6.45, 7) is 4.07. The van der Waals surface area contributed by atoms with Gasteiger partial charge < -0.3 is 20.3 Å². The van der Waals surface area contributed by atoms with Gasteiger partial charge in [-0.2, -0.15) is 0 Å². The molecule has 3 aliphatic rings. The largest absolute Gasteiger partial charge is 0.383 e. The van der Waals surface area contributed by atoms with Crippen LogP contribution in [-0.4, -0.2) is 51.5 Å². The van der Waals surface area contributed by atoms with Crippen LogP contribution < -0.4 is 10.9 Å². The number of nitrogens with one attached hydrogen (secondary N) is 2. The Morgan fingerprint density at radius 3 is 2.79 bits per heavy atom. The zero-order chi connectivity index (χ0) is 20.2. The zero-order valence-electron chi connectivity index (χ0n) is 15.6. The number of aromatic nitrogens is 1. The second-order valence-electron chi connectivity index (χ2n) is 7.99. The van der Waals surface area contributed by atoms with Gasteiger partial charge in [-0.15, -0.1) is 0 Å². The molecule has 0 radical (unpaired) electrons. The SMILES string of the molecule is CC(C)[C@@H](O)C(=O)N1C[C@@H]2C[C@H]1[C@@H]2NC(=O)c1cc(F)c2[nH]c(=O)ccc2c1. The highest BCUT2D eigenvalue weighted by Crippen LogP contribution is 2.41. The monoisotopic (exact) mass is 387 g/mol. The first-order valence-corrected chi connectivity index (χ1v) is 9.38. The van der Waals surface area contributed by atoms with E-state index in [9.17, 15) is 23.9 Å². The Balaban J connectivity index is 1.50. The Hall–Kier alpha value is -2.74. The minimum atomic E-state index is -1.05. The molecule has 0 spiro atoms. The van der Waals surface area contributed by atoms with Crippen LogP contribution in [-0.2, 0) is 4.79 Å². The molecule has 1 aromatic heterocycles. The molecular weight excluding hydrogens is 365 g/mol. The predicted octanol–water partition coefficient (Wildman–Crippen LogP) is 1.01. The van der Waals surface area contributed by atoms with E-state index in [0.29, 0.717) is 11.9 Å². The summed E-state index contributed by atoms with van der Waals surface area (Å²) < 4.78 is 14.3. The number of fused-ring (bicyclic) bond motifs is 2. The van der Waals surface area contributed by atoms with E-state index in [2.05, 4.69) is 10.3 Å². The van der Waals surface area contributed by atoms with Gasteiger partial charge in [0.05, 0.1) is 17.6 Å². The fourth-order valence-corrected chi connectivity index (χ4v) is 4.13. The van der Waals surface area contributed by atoms with E-state index < -0.39 is 23.4 Å². The first-order valence-electron chi connectivity index (χ1n) is 9.38. The quantitative estimate of drug-likeness (QED) is 0.729. The van der Waals surface area contributed by atoms with Crippen molar-refractivity contribution in [3.63, 3.8) is 0 Å². The Labute approximate surface area is 160 Å². The lowest BCUT2D eigenvalue weighted by Gasteiger charge is -2.37. The van der Waals surface area contributed by atoms with Crippen molar-refractivity contribution in [3.05, 3.63) is 46.0 Å². The van der Waals surface area contributed by atoms with Crippen LogP contribution in [0.25, 0.3) is 10.9 Å². The van der Waals surface area contributed by atoms with Crippen molar-refractivity contribution < 1.29 is 19.1 Å². The molecule has 1 saturated carbocycles. The average Bonchev–Trinajstić information content (AvgIpc) is 3.24. The van der Waals surface area contributed by atoms with E-state index in [-0.39, 0.29) is 40.9 Å². The lowest BCUT2D eigenvalue weighted by atomic mass is 9.80. The zero-order valence-corrected chi connectivity index (χ0v) is 15.6. The van der Waals surface area contributed by atoms with Gasteiger partial charge in [-0.1, -0.05) is 13.8 Å². The highest BCUT2D eigenvalue weighted by molar-refractivity contribution is 5.98. The van der Waals surface area contributed by atoms with Crippen molar-refractivity contribution in [2.45, 2.75) is 38.5 Å². The van der Waals surface area contributed by atoms with E-state index in [1.54, 1.807) is 18.7 Å². The van der Waals surface area contributed by atoms with Crippen molar-refractivity contribution in [1.29, 1.82) is 0 Å². The number of hydrogen-bond acceptors (Lipinski definition) is 4. The average molecular weight is 387 g/mol. The van der Waals surface area contributed by atoms with Gasteiger partial charge >= 0.3 is 0 Å². The van der Waals surface area contributed by atoms with E-state index in [4.69, 9.17) is 0 Å². The number of carbonyl (C=O) groups excluding carboxylic acids is 2.